The predicted octanol–water partition coefficient (Wildman–Crippen LogP) is 3.01. The Kier molecular flexibility index (Phi) is 4.18. The van der Waals surface area contributed by atoms with E-state index in [1.807, 2.05) is 4.90 Å². The predicted molar refractivity (Wildman–Crippen MR) is 90.0 cm³/mol. The van der Waals surface area contributed by atoms with Crippen LogP contribution in [0, 0.1) is 11.7 Å². The van der Waals surface area contributed by atoms with Crippen LogP contribution in [-0.2, 0) is 10.2 Å². The summed E-state index contributed by atoms with van der Waals surface area (Å²) in [6.07, 6.45) is 6.12. The van der Waals surface area contributed by atoms with Gasteiger partial charge in [-0.15, -0.1) is 12.4 Å². The third kappa shape index (κ3) is 2.87. The summed E-state index contributed by atoms with van der Waals surface area (Å²) in [5.41, 5.74) is 6.98. The molecular weight excluding hydrogens is 315 g/mol. The molecule has 1 amide bonds. The lowest BCUT2D eigenvalue weighted by molar-refractivity contribution is -0.135. The minimum atomic E-state index is -0.374. The number of halogens is 2. The van der Waals surface area contributed by atoms with E-state index in [0.717, 1.165) is 57.2 Å². The lowest BCUT2D eigenvalue weighted by Gasteiger charge is -2.37. The first-order valence-electron chi connectivity index (χ1n) is 8.38. The summed E-state index contributed by atoms with van der Waals surface area (Å²) >= 11 is 0. The monoisotopic (exact) mass is 338 g/mol. The highest BCUT2D eigenvalue weighted by atomic mass is 35.5. The smallest absolute Gasteiger partial charge is 0.233 e. The van der Waals surface area contributed by atoms with Crippen molar-refractivity contribution in [1.82, 2.24) is 4.90 Å². The van der Waals surface area contributed by atoms with Crippen molar-refractivity contribution < 1.29 is 9.18 Å². The van der Waals surface area contributed by atoms with Crippen molar-refractivity contribution in [2.45, 2.75) is 49.5 Å². The summed E-state index contributed by atoms with van der Waals surface area (Å²) in [5, 5.41) is 0. The molecule has 23 heavy (non-hydrogen) atoms. The maximum atomic E-state index is 13.1. The number of hydrogen-bond acceptors (Lipinski definition) is 2. The van der Waals surface area contributed by atoms with Gasteiger partial charge in [0.2, 0.25) is 5.91 Å². The second-order valence-corrected chi connectivity index (χ2v) is 7.39. The molecule has 3 fully saturated rings. The summed E-state index contributed by atoms with van der Waals surface area (Å²) in [7, 11) is 0. The molecule has 5 heteroatoms. The van der Waals surface area contributed by atoms with Crippen LogP contribution in [0.15, 0.2) is 24.3 Å². The molecule has 0 radical (unpaired) electrons. The third-order valence-electron chi connectivity index (χ3n) is 5.98. The molecule has 0 atom stereocenters. The molecule has 1 saturated heterocycles. The van der Waals surface area contributed by atoms with Crippen molar-refractivity contribution in [1.29, 1.82) is 0 Å². The summed E-state index contributed by atoms with van der Waals surface area (Å²) in [6.45, 7) is 1.65. The standard InChI is InChI=1S/C18H23FN2O.ClH/c19-15-3-1-13(2-4-15)17(7-8-17)16(22)21-11-5-14(6-12-21)18(20)9-10-18;/h1-4,14H,5-12,20H2;1H. The molecule has 4 rings (SSSR count). The van der Waals surface area contributed by atoms with Crippen molar-refractivity contribution in [2.24, 2.45) is 11.7 Å². The van der Waals surface area contributed by atoms with Gasteiger partial charge in [-0.2, -0.15) is 0 Å². The highest BCUT2D eigenvalue weighted by Gasteiger charge is 2.54. The average Bonchev–Trinajstić information content (AvgIpc) is 3.45. The fourth-order valence-corrected chi connectivity index (χ4v) is 4.03. The Balaban J connectivity index is 0.00000156. The van der Waals surface area contributed by atoms with E-state index in [-0.39, 0.29) is 35.1 Å². The molecule has 0 unspecified atom stereocenters. The highest BCUT2D eigenvalue weighted by molar-refractivity contribution is 5.91. The molecule has 2 aliphatic carbocycles. The van der Waals surface area contributed by atoms with Gasteiger partial charge in [0.15, 0.2) is 0 Å². The Hall–Kier alpha value is -1.13. The first kappa shape index (κ1) is 16.7. The van der Waals surface area contributed by atoms with Gasteiger partial charge in [0.1, 0.15) is 5.82 Å². The molecule has 2 N–H and O–H groups in total. The second kappa shape index (κ2) is 5.75. The zero-order valence-corrected chi connectivity index (χ0v) is 14.1. The second-order valence-electron chi connectivity index (χ2n) is 7.39. The first-order valence-corrected chi connectivity index (χ1v) is 8.38. The van der Waals surface area contributed by atoms with Crippen molar-refractivity contribution in [3.8, 4) is 0 Å². The summed E-state index contributed by atoms with van der Waals surface area (Å²) < 4.78 is 13.1. The van der Waals surface area contributed by atoms with Crippen molar-refractivity contribution in [3.05, 3.63) is 35.6 Å². The molecule has 3 aliphatic rings. The molecule has 1 aromatic rings. The number of amides is 1. The van der Waals surface area contributed by atoms with Crippen LogP contribution < -0.4 is 5.73 Å². The zero-order chi connectivity index (χ0) is 15.4. The van der Waals surface area contributed by atoms with Crippen LogP contribution in [0.5, 0.6) is 0 Å². The van der Waals surface area contributed by atoms with Gasteiger partial charge in [0.05, 0.1) is 5.41 Å². The minimum Gasteiger partial charge on any atom is -0.342 e. The highest BCUT2D eigenvalue weighted by Crippen LogP contribution is 2.51. The lowest BCUT2D eigenvalue weighted by Crippen LogP contribution is -2.47. The van der Waals surface area contributed by atoms with Gasteiger partial charge < -0.3 is 10.6 Å². The van der Waals surface area contributed by atoms with Crippen LogP contribution in [-0.4, -0.2) is 29.4 Å². The van der Waals surface area contributed by atoms with E-state index in [1.165, 1.54) is 12.1 Å². The van der Waals surface area contributed by atoms with Crippen LogP contribution >= 0.6 is 12.4 Å². The molecule has 3 nitrogen and oxygen atoms in total. The largest absolute Gasteiger partial charge is 0.342 e. The van der Waals surface area contributed by atoms with E-state index in [1.54, 1.807) is 12.1 Å². The van der Waals surface area contributed by atoms with Gasteiger partial charge in [-0.3, -0.25) is 4.79 Å². The number of nitrogens with zero attached hydrogens (tertiary/aromatic N) is 1. The maximum absolute atomic E-state index is 13.1. The number of likely N-dealkylation sites (tertiary alicyclic amines) is 1. The van der Waals surface area contributed by atoms with Crippen molar-refractivity contribution in [3.63, 3.8) is 0 Å². The molecular formula is C18H24ClFN2O. The topological polar surface area (TPSA) is 46.3 Å². The van der Waals surface area contributed by atoms with E-state index in [0.29, 0.717) is 5.92 Å². The number of carbonyl (C=O) groups is 1. The fourth-order valence-electron chi connectivity index (χ4n) is 4.03. The van der Waals surface area contributed by atoms with Crippen molar-refractivity contribution in [2.75, 3.05) is 13.1 Å². The fraction of sp³-hybridized carbons (Fsp3) is 0.611. The number of rotatable bonds is 3. The zero-order valence-electron chi connectivity index (χ0n) is 13.3. The van der Waals surface area contributed by atoms with Gasteiger partial charge in [-0.05, 0) is 62.1 Å². The average molecular weight is 339 g/mol. The molecule has 0 aromatic heterocycles. The Labute approximate surface area is 142 Å². The third-order valence-corrected chi connectivity index (χ3v) is 5.98. The Morgan fingerprint density at radius 1 is 1.09 bits per heavy atom. The number of piperidine rings is 1. The number of nitrogens with two attached hydrogens (primary N) is 1. The van der Waals surface area contributed by atoms with Crippen molar-refractivity contribution >= 4 is 18.3 Å². The van der Waals surface area contributed by atoms with Gasteiger partial charge in [-0.25, -0.2) is 4.39 Å². The number of carbonyl (C=O) groups excluding carboxylic acids is 1. The van der Waals surface area contributed by atoms with E-state index >= 15 is 0 Å². The SMILES string of the molecule is Cl.NC1(C2CCN(C(=O)C3(c4ccc(F)cc4)CC3)CC2)CC1. The summed E-state index contributed by atoms with van der Waals surface area (Å²) in [5.74, 6) is 0.572. The van der Waals surface area contributed by atoms with Gasteiger partial charge >= 0.3 is 0 Å². The normalized spacial score (nSPS) is 24.7. The van der Waals surface area contributed by atoms with Crippen LogP contribution in [0.25, 0.3) is 0 Å². The Morgan fingerprint density at radius 3 is 2.13 bits per heavy atom. The minimum absolute atomic E-state index is 0. The van der Waals surface area contributed by atoms with Crippen LogP contribution in [0.3, 0.4) is 0 Å². The molecule has 1 aliphatic heterocycles. The summed E-state index contributed by atoms with van der Waals surface area (Å²) in [4.78, 5) is 15.0. The molecule has 126 valence electrons. The van der Waals surface area contributed by atoms with Gasteiger partial charge in [0.25, 0.3) is 0 Å². The summed E-state index contributed by atoms with van der Waals surface area (Å²) in [6, 6.07) is 6.46. The van der Waals surface area contributed by atoms with E-state index in [4.69, 9.17) is 5.73 Å². The molecule has 2 saturated carbocycles. The number of hydrogen-bond donors (Lipinski definition) is 1. The van der Waals surface area contributed by atoms with Crippen LogP contribution in [0.1, 0.15) is 44.1 Å². The van der Waals surface area contributed by atoms with Gasteiger partial charge in [-0.1, -0.05) is 12.1 Å². The first-order chi connectivity index (χ1) is 10.5. The van der Waals surface area contributed by atoms with E-state index < -0.39 is 0 Å². The Morgan fingerprint density at radius 2 is 1.65 bits per heavy atom. The molecule has 0 bridgehead atoms. The van der Waals surface area contributed by atoms with Gasteiger partial charge in [0, 0.05) is 18.6 Å². The molecule has 1 aromatic carbocycles. The van der Waals surface area contributed by atoms with E-state index in [2.05, 4.69) is 0 Å². The number of benzene rings is 1. The Bertz CT molecular complexity index is 588. The lowest BCUT2D eigenvalue weighted by atomic mass is 9.86. The van der Waals surface area contributed by atoms with E-state index in [9.17, 15) is 9.18 Å². The maximum Gasteiger partial charge on any atom is 0.233 e. The molecule has 1 heterocycles. The van der Waals surface area contributed by atoms with Crippen LogP contribution in [0.4, 0.5) is 4.39 Å². The quantitative estimate of drug-likeness (QED) is 0.920. The van der Waals surface area contributed by atoms with Crippen LogP contribution in [0.2, 0.25) is 0 Å². The molecule has 0 spiro atoms.